The van der Waals surface area contributed by atoms with E-state index in [-0.39, 0.29) is 5.82 Å². The third-order valence-electron chi connectivity index (χ3n) is 4.37. The van der Waals surface area contributed by atoms with Crippen LogP contribution in [0.1, 0.15) is 0 Å². The molecule has 0 aliphatic carbocycles. The monoisotopic (exact) mass is 341 g/mol. The van der Waals surface area contributed by atoms with E-state index in [1.807, 2.05) is 24.3 Å². The lowest BCUT2D eigenvalue weighted by molar-refractivity contribution is 0.627. The van der Waals surface area contributed by atoms with Gasteiger partial charge in [0.15, 0.2) is 0 Å². The van der Waals surface area contributed by atoms with Crippen LogP contribution < -0.4 is 0 Å². The van der Waals surface area contributed by atoms with Crippen molar-refractivity contribution in [2.75, 3.05) is 0 Å². The average Bonchev–Trinajstić information content (AvgIpc) is 3.07. The van der Waals surface area contributed by atoms with Crippen molar-refractivity contribution < 1.29 is 4.39 Å². The highest BCUT2D eigenvalue weighted by molar-refractivity contribution is 6.13. The highest BCUT2D eigenvalue weighted by Crippen LogP contribution is 2.36. The molecule has 0 unspecified atom stereocenters. The Kier molecular flexibility index (Phi) is 3.21. The van der Waals surface area contributed by atoms with E-state index in [1.165, 1.54) is 6.20 Å². The summed E-state index contributed by atoms with van der Waals surface area (Å²) >= 11 is 0. The lowest BCUT2D eigenvalue weighted by Gasteiger charge is -2.06. The van der Waals surface area contributed by atoms with Crippen molar-refractivity contribution in [1.82, 2.24) is 24.9 Å². The molecule has 0 fully saturated rings. The fraction of sp³-hybridized carbons (Fsp3) is 0. The molecule has 0 amide bonds. The van der Waals surface area contributed by atoms with Gasteiger partial charge in [0.1, 0.15) is 11.5 Å². The van der Waals surface area contributed by atoms with Crippen molar-refractivity contribution in [2.24, 2.45) is 0 Å². The zero-order valence-corrected chi connectivity index (χ0v) is 13.5. The number of nitrogens with zero attached hydrogens (tertiary/aromatic N) is 4. The fourth-order valence-corrected chi connectivity index (χ4v) is 3.20. The Morgan fingerprint density at radius 1 is 0.846 bits per heavy atom. The Labute approximate surface area is 147 Å². The maximum atomic E-state index is 14.7. The smallest absolute Gasteiger partial charge is 0.150 e. The minimum absolute atomic E-state index is 0.383. The number of pyridine rings is 4. The van der Waals surface area contributed by atoms with Gasteiger partial charge in [0.25, 0.3) is 0 Å². The maximum Gasteiger partial charge on any atom is 0.150 e. The Balaban J connectivity index is 1.86. The van der Waals surface area contributed by atoms with Crippen LogP contribution in [0.4, 0.5) is 4.39 Å². The van der Waals surface area contributed by atoms with Crippen molar-refractivity contribution in [3.8, 4) is 22.4 Å². The van der Waals surface area contributed by atoms with Crippen molar-refractivity contribution in [3.05, 3.63) is 73.3 Å². The van der Waals surface area contributed by atoms with Crippen molar-refractivity contribution in [2.45, 2.75) is 0 Å². The fourth-order valence-electron chi connectivity index (χ4n) is 3.20. The van der Waals surface area contributed by atoms with Gasteiger partial charge < -0.3 is 4.98 Å². The molecule has 124 valence electrons. The molecule has 0 aliphatic rings. The van der Waals surface area contributed by atoms with Crippen LogP contribution in [-0.4, -0.2) is 24.9 Å². The first-order valence-electron chi connectivity index (χ1n) is 8.08. The van der Waals surface area contributed by atoms with Gasteiger partial charge >= 0.3 is 0 Å². The van der Waals surface area contributed by atoms with E-state index in [9.17, 15) is 4.39 Å². The molecule has 5 aromatic heterocycles. The second-order valence-corrected chi connectivity index (χ2v) is 5.93. The molecule has 5 nitrogen and oxygen atoms in total. The molecule has 26 heavy (non-hydrogen) atoms. The summed E-state index contributed by atoms with van der Waals surface area (Å²) in [5.41, 5.74) is 4.28. The topological polar surface area (TPSA) is 67.3 Å². The second-order valence-electron chi connectivity index (χ2n) is 5.93. The van der Waals surface area contributed by atoms with E-state index in [1.54, 1.807) is 37.1 Å². The third-order valence-corrected chi connectivity index (χ3v) is 4.37. The van der Waals surface area contributed by atoms with E-state index < -0.39 is 0 Å². The highest BCUT2D eigenvalue weighted by atomic mass is 19.1. The van der Waals surface area contributed by atoms with Gasteiger partial charge in [0.05, 0.1) is 23.6 Å². The lowest BCUT2D eigenvalue weighted by Crippen LogP contribution is -1.89. The van der Waals surface area contributed by atoms with Crippen LogP contribution in [0, 0.1) is 5.82 Å². The predicted molar refractivity (Wildman–Crippen MR) is 97.8 cm³/mol. The van der Waals surface area contributed by atoms with E-state index in [2.05, 4.69) is 24.9 Å². The SMILES string of the molecule is Fc1cnc2[nH]c3cnc(-c4cccnc4)cc3c2c1-c1cccnc1. The quantitative estimate of drug-likeness (QED) is 0.517. The number of hydrogen-bond acceptors (Lipinski definition) is 4. The van der Waals surface area contributed by atoms with E-state index in [4.69, 9.17) is 0 Å². The molecular formula is C20H12FN5. The molecule has 5 aromatic rings. The summed E-state index contributed by atoms with van der Waals surface area (Å²) in [4.78, 5) is 20.2. The summed E-state index contributed by atoms with van der Waals surface area (Å²) in [7, 11) is 0. The van der Waals surface area contributed by atoms with Gasteiger partial charge in [-0.3, -0.25) is 15.0 Å². The van der Waals surface area contributed by atoms with Gasteiger partial charge in [-0.15, -0.1) is 0 Å². The van der Waals surface area contributed by atoms with Crippen LogP contribution in [-0.2, 0) is 0 Å². The lowest BCUT2D eigenvalue weighted by atomic mass is 10.0. The van der Waals surface area contributed by atoms with Crippen LogP contribution in [0.15, 0.2) is 67.5 Å². The number of nitrogens with one attached hydrogen (secondary N) is 1. The zero-order chi connectivity index (χ0) is 17.5. The summed E-state index contributed by atoms with van der Waals surface area (Å²) in [5.74, 6) is -0.383. The molecule has 5 heterocycles. The Morgan fingerprint density at radius 3 is 2.35 bits per heavy atom. The van der Waals surface area contributed by atoms with Crippen LogP contribution in [0.25, 0.3) is 44.3 Å². The highest BCUT2D eigenvalue weighted by Gasteiger charge is 2.17. The molecule has 0 aliphatic heterocycles. The molecule has 0 radical (unpaired) electrons. The van der Waals surface area contributed by atoms with Crippen molar-refractivity contribution in [1.29, 1.82) is 0 Å². The van der Waals surface area contributed by atoms with E-state index in [0.717, 1.165) is 27.5 Å². The normalized spacial score (nSPS) is 11.3. The molecule has 0 saturated carbocycles. The maximum absolute atomic E-state index is 14.7. The molecule has 0 aromatic carbocycles. The van der Waals surface area contributed by atoms with Crippen LogP contribution in [0.3, 0.4) is 0 Å². The zero-order valence-electron chi connectivity index (χ0n) is 13.5. The average molecular weight is 341 g/mol. The number of rotatable bonds is 2. The number of fused-ring (bicyclic) bond motifs is 3. The predicted octanol–water partition coefficient (Wildman–Crippen LogP) is 4.37. The summed E-state index contributed by atoms with van der Waals surface area (Å²) in [6.45, 7) is 0. The Morgan fingerprint density at radius 2 is 1.62 bits per heavy atom. The van der Waals surface area contributed by atoms with Gasteiger partial charge in [-0.2, -0.15) is 0 Å². The standard InChI is InChI=1S/C20H12FN5/c21-15-10-25-20-19(18(15)13-4-2-6-23-9-13)14-7-16(24-11-17(14)26-20)12-3-1-5-22-8-12/h1-11H,(H,25,26). The molecule has 0 atom stereocenters. The minimum Gasteiger partial charge on any atom is -0.338 e. The molecule has 0 bridgehead atoms. The summed E-state index contributed by atoms with van der Waals surface area (Å²) in [5, 5.41) is 1.58. The molecule has 1 N–H and O–H groups in total. The largest absolute Gasteiger partial charge is 0.338 e. The van der Waals surface area contributed by atoms with Crippen LogP contribution in [0.5, 0.6) is 0 Å². The van der Waals surface area contributed by atoms with Crippen LogP contribution in [0.2, 0.25) is 0 Å². The number of aromatic amines is 1. The number of hydrogen-bond donors (Lipinski definition) is 1. The minimum atomic E-state index is -0.383. The summed E-state index contributed by atoms with van der Waals surface area (Å²) in [6, 6.07) is 9.37. The van der Waals surface area contributed by atoms with Crippen molar-refractivity contribution >= 4 is 21.9 Å². The van der Waals surface area contributed by atoms with Gasteiger partial charge in [0, 0.05) is 52.3 Å². The number of aromatic nitrogens is 5. The van der Waals surface area contributed by atoms with E-state index in [0.29, 0.717) is 16.8 Å². The first-order valence-corrected chi connectivity index (χ1v) is 8.08. The van der Waals surface area contributed by atoms with E-state index >= 15 is 0 Å². The van der Waals surface area contributed by atoms with Crippen LogP contribution >= 0.6 is 0 Å². The summed E-state index contributed by atoms with van der Waals surface area (Å²) < 4.78 is 14.7. The summed E-state index contributed by atoms with van der Waals surface area (Å²) in [6.07, 6.45) is 9.76. The van der Waals surface area contributed by atoms with Gasteiger partial charge in [-0.1, -0.05) is 6.07 Å². The molecule has 5 rings (SSSR count). The molecule has 0 saturated heterocycles. The molecular weight excluding hydrogens is 329 g/mol. The number of H-pyrrole nitrogens is 1. The Hall–Kier alpha value is -3.67. The second kappa shape index (κ2) is 5.70. The third kappa shape index (κ3) is 2.23. The first kappa shape index (κ1) is 14.7. The first-order chi connectivity index (χ1) is 12.8. The Bertz CT molecular complexity index is 1230. The van der Waals surface area contributed by atoms with Crippen molar-refractivity contribution in [3.63, 3.8) is 0 Å². The number of halogens is 1. The van der Waals surface area contributed by atoms with Gasteiger partial charge in [0.2, 0.25) is 0 Å². The molecule has 0 spiro atoms. The molecule has 6 heteroatoms. The van der Waals surface area contributed by atoms with Gasteiger partial charge in [-0.05, 0) is 24.3 Å². The van der Waals surface area contributed by atoms with Gasteiger partial charge in [-0.25, -0.2) is 9.37 Å².